The van der Waals surface area contributed by atoms with Crippen LogP contribution in [0, 0.1) is 5.92 Å². The smallest absolute Gasteiger partial charge is 0.325 e. The number of carboxylic acids is 1. The summed E-state index contributed by atoms with van der Waals surface area (Å²) in [5, 5.41) is 13.0. The van der Waals surface area contributed by atoms with Crippen LogP contribution in [0.2, 0.25) is 10.0 Å². The van der Waals surface area contributed by atoms with Gasteiger partial charge in [0.2, 0.25) is 11.8 Å². The van der Waals surface area contributed by atoms with Crippen molar-refractivity contribution in [1.29, 1.82) is 0 Å². The minimum Gasteiger partial charge on any atom is -0.480 e. The molecule has 1 unspecified atom stereocenters. The number of nitrogens with one attached hydrogen (secondary N) is 1. The van der Waals surface area contributed by atoms with Gasteiger partial charge in [0.1, 0.15) is 6.04 Å². The first-order valence-electron chi connectivity index (χ1n) is 10.9. The highest BCUT2D eigenvalue weighted by Gasteiger charge is 2.28. The summed E-state index contributed by atoms with van der Waals surface area (Å²) in [6, 6.07) is 2.92. The van der Waals surface area contributed by atoms with E-state index in [0.29, 0.717) is 46.8 Å². The minimum atomic E-state index is -1.07. The van der Waals surface area contributed by atoms with Gasteiger partial charge in [0.25, 0.3) is 0 Å². The van der Waals surface area contributed by atoms with E-state index in [1.54, 1.807) is 22.7 Å². The fraction of sp³-hybridized carbons (Fsp3) is 0.522. The highest BCUT2D eigenvalue weighted by molar-refractivity contribution is 8.00. The van der Waals surface area contributed by atoms with E-state index in [1.165, 1.54) is 38.7 Å². The van der Waals surface area contributed by atoms with Crippen LogP contribution >= 0.6 is 35.0 Å². The lowest BCUT2D eigenvalue weighted by molar-refractivity contribution is -0.142. The molecule has 6 nitrogen and oxygen atoms in total. The molecule has 1 aliphatic heterocycles. The van der Waals surface area contributed by atoms with E-state index in [1.807, 2.05) is 12.1 Å². The van der Waals surface area contributed by atoms with Crippen molar-refractivity contribution in [2.45, 2.75) is 61.6 Å². The lowest BCUT2D eigenvalue weighted by Gasteiger charge is -2.31. The molecule has 0 spiro atoms. The zero-order valence-electron chi connectivity index (χ0n) is 18.0. The Morgan fingerprint density at radius 3 is 2.41 bits per heavy atom. The van der Waals surface area contributed by atoms with Crippen molar-refractivity contribution in [3.63, 3.8) is 0 Å². The second-order valence-corrected chi connectivity index (χ2v) is 10.4. The quantitative estimate of drug-likeness (QED) is 0.523. The van der Waals surface area contributed by atoms with E-state index >= 15 is 0 Å². The van der Waals surface area contributed by atoms with Gasteiger partial charge >= 0.3 is 5.97 Å². The van der Waals surface area contributed by atoms with E-state index in [-0.39, 0.29) is 17.7 Å². The maximum Gasteiger partial charge on any atom is 0.325 e. The predicted molar refractivity (Wildman–Crippen MR) is 128 cm³/mol. The number of piperidine rings is 1. The van der Waals surface area contributed by atoms with Crippen molar-refractivity contribution in [2.75, 3.05) is 13.1 Å². The molecule has 3 rings (SSSR count). The van der Waals surface area contributed by atoms with Crippen LogP contribution in [0.25, 0.3) is 6.08 Å². The predicted octanol–water partition coefficient (Wildman–Crippen LogP) is 4.87. The number of aliphatic carboxylic acids is 1. The van der Waals surface area contributed by atoms with Crippen molar-refractivity contribution in [3.05, 3.63) is 33.8 Å². The van der Waals surface area contributed by atoms with Gasteiger partial charge in [-0.25, -0.2) is 0 Å². The molecule has 1 saturated heterocycles. The number of hydrogen-bond donors (Lipinski definition) is 2. The molecule has 1 aromatic rings. The lowest BCUT2D eigenvalue weighted by atomic mass is 9.95. The van der Waals surface area contributed by atoms with Crippen molar-refractivity contribution in [3.8, 4) is 0 Å². The Labute approximate surface area is 202 Å². The van der Waals surface area contributed by atoms with Crippen molar-refractivity contribution in [1.82, 2.24) is 10.2 Å². The van der Waals surface area contributed by atoms with Gasteiger partial charge in [-0.3, -0.25) is 14.4 Å². The normalized spacial score (nSPS) is 18.8. The van der Waals surface area contributed by atoms with Gasteiger partial charge in [0.15, 0.2) is 0 Å². The van der Waals surface area contributed by atoms with Crippen LogP contribution in [0.15, 0.2) is 23.1 Å². The molecule has 0 radical (unpaired) electrons. The summed E-state index contributed by atoms with van der Waals surface area (Å²) in [4.78, 5) is 38.3. The third-order valence-electron chi connectivity index (χ3n) is 5.98. The molecule has 1 heterocycles. The van der Waals surface area contributed by atoms with Gasteiger partial charge in [0.05, 0.1) is 10.0 Å². The fourth-order valence-corrected chi connectivity index (χ4v) is 5.84. The van der Waals surface area contributed by atoms with Gasteiger partial charge in [-0.15, -0.1) is 11.8 Å². The second kappa shape index (κ2) is 11.4. The molecule has 2 aliphatic rings. The number of carbonyl (C=O) groups is 3. The van der Waals surface area contributed by atoms with Crippen LogP contribution in [0.3, 0.4) is 0 Å². The summed E-state index contributed by atoms with van der Waals surface area (Å²) in [5.74, 6) is -1.79. The van der Waals surface area contributed by atoms with Crippen molar-refractivity contribution in [2.24, 2.45) is 5.92 Å². The maximum absolute atomic E-state index is 12.6. The van der Waals surface area contributed by atoms with Crippen molar-refractivity contribution < 1.29 is 19.5 Å². The number of hydrogen-bond acceptors (Lipinski definition) is 4. The zero-order chi connectivity index (χ0) is 23.3. The first-order valence-corrected chi connectivity index (χ1v) is 12.5. The van der Waals surface area contributed by atoms with E-state index in [4.69, 9.17) is 28.3 Å². The molecule has 1 aliphatic carbocycles. The molecule has 2 fully saturated rings. The zero-order valence-corrected chi connectivity index (χ0v) is 20.3. The van der Waals surface area contributed by atoms with Crippen LogP contribution < -0.4 is 5.32 Å². The standard InChI is InChI=1S/C23H28Cl2N2O4S/c1-14(23(30)31)26-22(29)16-10-12-27(13-11-16)19(28)9-7-15-6-8-18(21(25)20(15)24)32-17-4-2-3-5-17/h6-9,14,16-17H,2-5,10-13H2,1H3,(H,26,29)(H,30,31)/b9-7+. The highest BCUT2D eigenvalue weighted by atomic mass is 35.5. The van der Waals surface area contributed by atoms with Crippen LogP contribution in [-0.2, 0) is 14.4 Å². The molecule has 1 saturated carbocycles. The molecule has 0 bridgehead atoms. The molecule has 32 heavy (non-hydrogen) atoms. The summed E-state index contributed by atoms with van der Waals surface area (Å²) < 4.78 is 0. The number of carboxylic acid groups (broad SMARTS) is 1. The van der Waals surface area contributed by atoms with Crippen LogP contribution in [0.5, 0.6) is 0 Å². The van der Waals surface area contributed by atoms with Crippen molar-refractivity contribution >= 4 is 58.8 Å². The Morgan fingerprint density at radius 2 is 1.78 bits per heavy atom. The first kappa shape index (κ1) is 24.9. The number of carbonyl (C=O) groups excluding carboxylic acids is 2. The number of thioether (sulfide) groups is 1. The fourth-order valence-electron chi connectivity index (χ4n) is 3.97. The first-order chi connectivity index (χ1) is 15.3. The third-order valence-corrected chi connectivity index (χ3v) is 8.39. The Balaban J connectivity index is 1.53. The van der Waals surface area contributed by atoms with Gasteiger partial charge in [-0.05, 0) is 50.3 Å². The molecule has 9 heteroatoms. The number of nitrogens with zero attached hydrogens (tertiary/aromatic N) is 1. The largest absolute Gasteiger partial charge is 0.480 e. The minimum absolute atomic E-state index is 0.153. The average Bonchev–Trinajstić information content (AvgIpc) is 3.29. The summed E-state index contributed by atoms with van der Waals surface area (Å²) in [6.07, 6.45) is 9.07. The van der Waals surface area contributed by atoms with Gasteiger partial charge < -0.3 is 15.3 Å². The van der Waals surface area contributed by atoms with Crippen LogP contribution in [0.1, 0.15) is 51.0 Å². The van der Waals surface area contributed by atoms with E-state index in [9.17, 15) is 14.4 Å². The second-order valence-electron chi connectivity index (χ2n) is 8.31. The topological polar surface area (TPSA) is 86.7 Å². The number of halogens is 2. The molecule has 0 aromatic heterocycles. The van der Waals surface area contributed by atoms with E-state index in [0.717, 1.165) is 4.90 Å². The number of likely N-dealkylation sites (tertiary alicyclic amines) is 1. The van der Waals surface area contributed by atoms with Crippen LogP contribution in [0.4, 0.5) is 0 Å². The van der Waals surface area contributed by atoms with Gasteiger partial charge in [-0.1, -0.05) is 42.1 Å². The highest BCUT2D eigenvalue weighted by Crippen LogP contribution is 2.41. The third kappa shape index (κ3) is 6.42. The summed E-state index contributed by atoms with van der Waals surface area (Å²) >= 11 is 14.7. The molecule has 2 N–H and O–H groups in total. The Hall–Kier alpha value is -1.70. The number of amides is 2. The SMILES string of the molecule is CC(NC(=O)C1CCN(C(=O)/C=C/c2ccc(SC3CCCC3)c(Cl)c2Cl)CC1)C(=O)O. The van der Waals surface area contributed by atoms with Gasteiger partial charge in [-0.2, -0.15) is 0 Å². The average molecular weight is 499 g/mol. The number of rotatable bonds is 7. The monoisotopic (exact) mass is 498 g/mol. The van der Waals surface area contributed by atoms with Gasteiger partial charge in [0, 0.05) is 35.2 Å². The Morgan fingerprint density at radius 1 is 1.12 bits per heavy atom. The number of benzene rings is 1. The maximum atomic E-state index is 12.6. The molecular weight excluding hydrogens is 471 g/mol. The summed E-state index contributed by atoms with van der Waals surface area (Å²) in [5.41, 5.74) is 0.692. The van der Waals surface area contributed by atoms with Crippen LogP contribution in [-0.4, -0.2) is 52.2 Å². The molecule has 174 valence electrons. The Kier molecular flexibility index (Phi) is 8.91. The summed E-state index contributed by atoms with van der Waals surface area (Å²) in [6.45, 7) is 2.31. The summed E-state index contributed by atoms with van der Waals surface area (Å²) in [7, 11) is 0. The molecule has 1 aromatic carbocycles. The van der Waals surface area contributed by atoms with E-state index < -0.39 is 12.0 Å². The Bertz CT molecular complexity index is 894. The van der Waals surface area contributed by atoms with E-state index in [2.05, 4.69) is 5.32 Å². The molecular formula is C23H28Cl2N2O4S. The molecule has 1 atom stereocenters. The lowest BCUT2D eigenvalue weighted by Crippen LogP contribution is -2.46. The molecule has 2 amide bonds.